The van der Waals surface area contributed by atoms with Crippen LogP contribution in [0, 0.1) is 0 Å². The molecule has 3 amide bonds. The maximum atomic E-state index is 12.4. The summed E-state index contributed by atoms with van der Waals surface area (Å²) in [5, 5.41) is 2.29. The number of nitrogens with one attached hydrogen (secondary N) is 1. The van der Waals surface area contributed by atoms with Gasteiger partial charge in [-0.2, -0.15) is 20.5 Å². The number of halogens is 2. The molecule has 1 aliphatic rings. The minimum absolute atomic E-state index is 0.00820. The van der Waals surface area contributed by atoms with Gasteiger partial charge in [-0.05, 0) is 47.7 Å². The monoisotopic (exact) mass is 444 g/mol. The number of carbonyl (C=O) groups excluding carboxylic acids is 3. The first-order valence-electron chi connectivity index (χ1n) is 9.05. The highest BCUT2D eigenvalue weighted by molar-refractivity contribution is 8.18. The first-order chi connectivity index (χ1) is 13.9. The van der Waals surface area contributed by atoms with Gasteiger partial charge in [-0.3, -0.25) is 19.3 Å². The third kappa shape index (κ3) is 7.69. The summed E-state index contributed by atoms with van der Waals surface area (Å²) in [6.45, 7) is -0.539. The Bertz CT molecular complexity index is 757. The molecule has 0 atom stereocenters. The van der Waals surface area contributed by atoms with Gasteiger partial charge in [-0.1, -0.05) is 25.5 Å². The summed E-state index contributed by atoms with van der Waals surface area (Å²) in [5.74, 6) is 0.716. The molecule has 1 fully saturated rings. The molecule has 0 bridgehead atoms. The number of carbonyl (C=O) groups is 3. The lowest BCUT2D eigenvalue weighted by Crippen LogP contribution is -2.37. The number of rotatable bonds is 11. The molecule has 0 spiro atoms. The van der Waals surface area contributed by atoms with Crippen molar-refractivity contribution in [3.63, 3.8) is 0 Å². The van der Waals surface area contributed by atoms with Crippen LogP contribution in [0.2, 0.25) is 0 Å². The van der Waals surface area contributed by atoms with E-state index in [2.05, 4.69) is 17.0 Å². The van der Waals surface area contributed by atoms with Crippen LogP contribution in [0.25, 0.3) is 6.08 Å². The zero-order chi connectivity index (χ0) is 21.2. The van der Waals surface area contributed by atoms with Crippen LogP contribution in [-0.4, -0.2) is 53.2 Å². The number of amides is 3. The fraction of sp³-hybridized carbons (Fsp3) is 0.421. The minimum Gasteiger partial charge on any atom is -0.435 e. The van der Waals surface area contributed by atoms with Crippen molar-refractivity contribution in [3.05, 3.63) is 34.7 Å². The molecule has 0 aromatic heterocycles. The predicted octanol–water partition coefficient (Wildman–Crippen LogP) is 3.97. The SMILES string of the molecule is CCCCSCC(=O)NCCN1C(=O)S/C(=C\c2ccc(OC(F)F)cc2)C1=O. The number of ether oxygens (including phenoxy) is 1. The quantitative estimate of drug-likeness (QED) is 0.411. The average molecular weight is 445 g/mol. The van der Waals surface area contributed by atoms with Gasteiger partial charge in [-0.25, -0.2) is 0 Å². The number of alkyl halides is 2. The second-order valence-electron chi connectivity index (χ2n) is 6.04. The van der Waals surface area contributed by atoms with E-state index in [4.69, 9.17) is 0 Å². The maximum absolute atomic E-state index is 12.4. The molecule has 1 saturated heterocycles. The Morgan fingerprint density at radius 1 is 1.31 bits per heavy atom. The molecule has 1 heterocycles. The molecule has 29 heavy (non-hydrogen) atoms. The normalized spacial score (nSPS) is 15.4. The fourth-order valence-corrected chi connectivity index (χ4v) is 4.15. The Morgan fingerprint density at radius 2 is 2.03 bits per heavy atom. The molecule has 1 aliphatic heterocycles. The highest BCUT2D eigenvalue weighted by Gasteiger charge is 2.34. The lowest BCUT2D eigenvalue weighted by molar-refractivity contribution is -0.123. The average Bonchev–Trinajstić information content (AvgIpc) is 2.94. The second-order valence-corrected chi connectivity index (χ2v) is 8.14. The van der Waals surface area contributed by atoms with Crippen LogP contribution in [0.15, 0.2) is 29.2 Å². The van der Waals surface area contributed by atoms with Gasteiger partial charge in [0.15, 0.2) is 0 Å². The molecule has 0 saturated carbocycles. The third-order valence-corrected chi connectivity index (χ3v) is 5.76. The van der Waals surface area contributed by atoms with Gasteiger partial charge >= 0.3 is 6.61 Å². The van der Waals surface area contributed by atoms with Gasteiger partial charge < -0.3 is 10.1 Å². The van der Waals surface area contributed by atoms with Crippen LogP contribution in [0.1, 0.15) is 25.3 Å². The van der Waals surface area contributed by atoms with Crippen molar-refractivity contribution >= 4 is 46.7 Å². The number of thioether (sulfide) groups is 2. The van der Waals surface area contributed by atoms with Crippen LogP contribution >= 0.6 is 23.5 Å². The molecule has 0 aliphatic carbocycles. The number of hydrogen-bond acceptors (Lipinski definition) is 6. The molecule has 158 valence electrons. The van der Waals surface area contributed by atoms with E-state index >= 15 is 0 Å². The molecule has 1 aromatic carbocycles. The second kappa shape index (κ2) is 11.8. The molecule has 0 radical (unpaired) electrons. The number of nitrogens with zero attached hydrogens (tertiary/aromatic N) is 1. The van der Waals surface area contributed by atoms with Crippen LogP contribution in [0.3, 0.4) is 0 Å². The molecule has 1 N–H and O–H groups in total. The van der Waals surface area contributed by atoms with E-state index in [1.165, 1.54) is 30.3 Å². The van der Waals surface area contributed by atoms with Gasteiger partial charge in [0.05, 0.1) is 10.7 Å². The highest BCUT2D eigenvalue weighted by atomic mass is 32.2. The summed E-state index contributed by atoms with van der Waals surface area (Å²) in [6.07, 6.45) is 3.65. The van der Waals surface area contributed by atoms with E-state index in [0.717, 1.165) is 35.3 Å². The topological polar surface area (TPSA) is 75.7 Å². The molecule has 2 rings (SSSR count). The standard InChI is InChI=1S/C19H22F2N2O4S2/c1-2-3-10-28-12-16(24)22-8-9-23-17(25)15(29-19(23)26)11-13-4-6-14(7-5-13)27-18(20)21/h4-7,11,18H,2-3,8-10,12H2,1H3,(H,22,24)/b15-11-. The number of imide groups is 1. The molecule has 10 heteroatoms. The lowest BCUT2D eigenvalue weighted by atomic mass is 10.2. The van der Waals surface area contributed by atoms with Crippen molar-refractivity contribution in [3.8, 4) is 5.75 Å². The Kier molecular flexibility index (Phi) is 9.46. The van der Waals surface area contributed by atoms with E-state index in [1.54, 1.807) is 11.8 Å². The molecule has 1 aromatic rings. The van der Waals surface area contributed by atoms with E-state index in [-0.39, 0.29) is 29.7 Å². The zero-order valence-electron chi connectivity index (χ0n) is 15.9. The molecular formula is C19H22F2N2O4S2. The van der Waals surface area contributed by atoms with E-state index in [0.29, 0.717) is 11.3 Å². The van der Waals surface area contributed by atoms with Gasteiger partial charge in [0.1, 0.15) is 5.75 Å². The number of hydrogen-bond donors (Lipinski definition) is 1. The largest absolute Gasteiger partial charge is 0.435 e. The van der Waals surface area contributed by atoms with Gasteiger partial charge in [0, 0.05) is 13.1 Å². The Morgan fingerprint density at radius 3 is 2.69 bits per heavy atom. The first-order valence-corrected chi connectivity index (χ1v) is 11.0. The number of unbranched alkanes of at least 4 members (excludes halogenated alkanes) is 1. The Balaban J connectivity index is 1.84. The van der Waals surface area contributed by atoms with E-state index in [9.17, 15) is 23.2 Å². The van der Waals surface area contributed by atoms with Crippen LogP contribution in [-0.2, 0) is 9.59 Å². The minimum atomic E-state index is -2.91. The predicted molar refractivity (Wildman–Crippen MR) is 111 cm³/mol. The van der Waals surface area contributed by atoms with Crippen molar-refractivity contribution in [2.24, 2.45) is 0 Å². The summed E-state index contributed by atoms with van der Waals surface area (Å²) in [4.78, 5) is 37.6. The lowest BCUT2D eigenvalue weighted by Gasteiger charge is -2.12. The summed E-state index contributed by atoms with van der Waals surface area (Å²) in [7, 11) is 0. The van der Waals surface area contributed by atoms with Gasteiger partial charge in [0.25, 0.3) is 11.1 Å². The smallest absolute Gasteiger partial charge is 0.387 e. The highest BCUT2D eigenvalue weighted by Crippen LogP contribution is 2.32. The van der Waals surface area contributed by atoms with Gasteiger partial charge in [0.2, 0.25) is 5.91 Å². The molecule has 6 nitrogen and oxygen atoms in total. The Labute approximate surface area is 176 Å². The number of benzene rings is 1. The maximum Gasteiger partial charge on any atom is 0.387 e. The third-order valence-electron chi connectivity index (χ3n) is 3.81. The van der Waals surface area contributed by atoms with Crippen molar-refractivity contribution < 1.29 is 27.9 Å². The van der Waals surface area contributed by atoms with Gasteiger partial charge in [-0.15, -0.1) is 0 Å². The van der Waals surface area contributed by atoms with Crippen LogP contribution in [0.4, 0.5) is 13.6 Å². The zero-order valence-corrected chi connectivity index (χ0v) is 17.5. The summed E-state index contributed by atoms with van der Waals surface area (Å²) >= 11 is 2.35. The van der Waals surface area contributed by atoms with Crippen molar-refractivity contribution in [1.82, 2.24) is 10.2 Å². The van der Waals surface area contributed by atoms with E-state index in [1.807, 2.05) is 0 Å². The van der Waals surface area contributed by atoms with Crippen LogP contribution in [0.5, 0.6) is 5.75 Å². The summed E-state index contributed by atoms with van der Waals surface area (Å²) < 4.78 is 28.6. The van der Waals surface area contributed by atoms with Crippen molar-refractivity contribution in [2.75, 3.05) is 24.6 Å². The van der Waals surface area contributed by atoms with Crippen molar-refractivity contribution in [2.45, 2.75) is 26.4 Å². The Hall–Kier alpha value is -2.07. The van der Waals surface area contributed by atoms with E-state index < -0.39 is 17.8 Å². The van der Waals surface area contributed by atoms with Crippen LogP contribution < -0.4 is 10.1 Å². The fourth-order valence-electron chi connectivity index (χ4n) is 2.36. The summed E-state index contributed by atoms with van der Waals surface area (Å²) in [6, 6.07) is 5.75. The molecule has 0 unspecified atom stereocenters. The molecular weight excluding hydrogens is 422 g/mol. The van der Waals surface area contributed by atoms with Crippen molar-refractivity contribution in [1.29, 1.82) is 0 Å². The first kappa shape index (κ1) is 23.2. The summed E-state index contributed by atoms with van der Waals surface area (Å²) in [5.41, 5.74) is 0.578.